The molecule has 3 rings (SSSR count). The summed E-state index contributed by atoms with van der Waals surface area (Å²) in [7, 11) is 2.00. The Hall–Kier alpha value is -0.750. The topological polar surface area (TPSA) is 38.5 Å². The first-order valence-electron chi connectivity index (χ1n) is 6.87. The summed E-state index contributed by atoms with van der Waals surface area (Å²) in [5.74, 6) is 1.20. The van der Waals surface area contributed by atoms with Gasteiger partial charge in [0.1, 0.15) is 5.52 Å². The first-order chi connectivity index (χ1) is 9.11. The number of hydrogen-bond donors (Lipinski definition) is 1. The quantitative estimate of drug-likeness (QED) is 0.880. The van der Waals surface area contributed by atoms with Gasteiger partial charge >= 0.3 is 0 Å². The van der Waals surface area contributed by atoms with Crippen LogP contribution in [-0.4, -0.2) is 30.3 Å². The number of aromatic nitrogens is 4. The monoisotopic (exact) mass is 296 g/mol. The Bertz CT molecular complexity index is 651. The molecular formula is C13H20N4S2. The van der Waals surface area contributed by atoms with E-state index in [4.69, 9.17) is 12.2 Å². The molecule has 0 saturated heterocycles. The minimum absolute atomic E-state index is 0.528. The molecule has 4 nitrogen and oxygen atoms in total. The molecular weight excluding hydrogens is 276 g/mol. The van der Waals surface area contributed by atoms with Gasteiger partial charge in [0.25, 0.3) is 0 Å². The number of imidazole rings is 1. The highest BCUT2D eigenvalue weighted by Crippen LogP contribution is 2.38. The van der Waals surface area contributed by atoms with E-state index in [1.165, 1.54) is 25.0 Å². The lowest BCUT2D eigenvalue weighted by molar-refractivity contribution is 0.515. The maximum atomic E-state index is 5.53. The molecule has 104 valence electrons. The first-order valence-corrected chi connectivity index (χ1v) is 8.33. The summed E-state index contributed by atoms with van der Waals surface area (Å²) in [6.45, 7) is 4.27. The molecule has 1 aliphatic carbocycles. The molecule has 0 aliphatic heterocycles. The van der Waals surface area contributed by atoms with Crippen LogP contribution in [-0.2, 0) is 7.05 Å². The van der Waals surface area contributed by atoms with Crippen molar-refractivity contribution in [1.82, 2.24) is 19.3 Å². The number of rotatable bonds is 3. The molecule has 1 N–H and O–H groups in total. The molecule has 0 spiro atoms. The highest BCUT2D eigenvalue weighted by Gasteiger charge is 2.28. The zero-order valence-corrected chi connectivity index (χ0v) is 13.3. The molecule has 0 radical (unpaired) electrons. The predicted octanol–water partition coefficient (Wildman–Crippen LogP) is 3.59. The van der Waals surface area contributed by atoms with Crippen molar-refractivity contribution in [3.63, 3.8) is 0 Å². The standard InChI is InChI=1S/C13H20N4S2/c1-4-19-10-6-5-9(7-10)17-12-11(14-13(17)18)8(2)15-16(12)3/h9-10H,4-7H2,1-3H3,(H,14,18). The lowest BCUT2D eigenvalue weighted by Gasteiger charge is -2.13. The van der Waals surface area contributed by atoms with E-state index in [0.29, 0.717) is 6.04 Å². The van der Waals surface area contributed by atoms with Crippen LogP contribution >= 0.6 is 24.0 Å². The van der Waals surface area contributed by atoms with Crippen LogP contribution in [0.15, 0.2) is 0 Å². The van der Waals surface area contributed by atoms with Gasteiger partial charge in [-0.15, -0.1) is 0 Å². The molecule has 2 heterocycles. The summed E-state index contributed by atoms with van der Waals surface area (Å²) in [6.07, 6.45) is 3.75. The van der Waals surface area contributed by atoms with Gasteiger partial charge in [0.05, 0.1) is 5.69 Å². The minimum Gasteiger partial charge on any atom is -0.328 e. The average Bonchev–Trinajstić information content (AvgIpc) is 2.99. The normalized spacial score (nSPS) is 23.5. The third-order valence-electron chi connectivity index (χ3n) is 4.00. The van der Waals surface area contributed by atoms with Crippen molar-refractivity contribution in [3.05, 3.63) is 10.5 Å². The third kappa shape index (κ3) is 2.14. The van der Waals surface area contributed by atoms with Gasteiger partial charge in [0, 0.05) is 18.3 Å². The van der Waals surface area contributed by atoms with Crippen molar-refractivity contribution in [2.75, 3.05) is 5.75 Å². The Morgan fingerprint density at radius 1 is 1.47 bits per heavy atom. The number of thioether (sulfide) groups is 1. The van der Waals surface area contributed by atoms with Crippen LogP contribution in [0.1, 0.15) is 37.9 Å². The van der Waals surface area contributed by atoms with Crippen molar-refractivity contribution in [2.45, 2.75) is 44.4 Å². The summed E-state index contributed by atoms with van der Waals surface area (Å²) in [5.41, 5.74) is 3.27. The lowest BCUT2D eigenvalue weighted by atomic mass is 10.2. The smallest absolute Gasteiger partial charge is 0.179 e. The van der Waals surface area contributed by atoms with Gasteiger partial charge < -0.3 is 4.98 Å². The summed E-state index contributed by atoms with van der Waals surface area (Å²) in [6, 6.07) is 0.528. The van der Waals surface area contributed by atoms with Crippen molar-refractivity contribution in [1.29, 1.82) is 0 Å². The number of nitrogens with one attached hydrogen (secondary N) is 1. The fourth-order valence-electron chi connectivity index (χ4n) is 3.21. The lowest BCUT2D eigenvalue weighted by Crippen LogP contribution is -2.09. The molecule has 2 aromatic heterocycles. The zero-order chi connectivity index (χ0) is 13.6. The van der Waals surface area contributed by atoms with Crippen LogP contribution in [0.5, 0.6) is 0 Å². The van der Waals surface area contributed by atoms with Crippen LogP contribution < -0.4 is 0 Å². The number of nitrogens with zero attached hydrogens (tertiary/aromatic N) is 3. The second-order valence-electron chi connectivity index (χ2n) is 5.25. The highest BCUT2D eigenvalue weighted by atomic mass is 32.2. The van der Waals surface area contributed by atoms with Crippen molar-refractivity contribution in [2.24, 2.45) is 7.05 Å². The van der Waals surface area contributed by atoms with E-state index in [0.717, 1.165) is 26.9 Å². The highest BCUT2D eigenvalue weighted by molar-refractivity contribution is 7.99. The Morgan fingerprint density at radius 3 is 3.00 bits per heavy atom. The summed E-state index contributed by atoms with van der Waals surface area (Å²) in [5, 5.41) is 5.28. The van der Waals surface area contributed by atoms with E-state index in [1.807, 2.05) is 18.7 Å². The third-order valence-corrected chi connectivity index (χ3v) is 5.53. The number of fused-ring (bicyclic) bond motifs is 1. The van der Waals surface area contributed by atoms with E-state index in [-0.39, 0.29) is 0 Å². The molecule has 1 saturated carbocycles. The Labute approximate surface area is 122 Å². The molecule has 1 aliphatic rings. The van der Waals surface area contributed by atoms with E-state index in [9.17, 15) is 0 Å². The fourth-order valence-corrected chi connectivity index (χ4v) is 4.68. The molecule has 0 amide bonds. The molecule has 2 atom stereocenters. The molecule has 2 unspecified atom stereocenters. The molecule has 1 fully saturated rings. The molecule has 0 aromatic carbocycles. The van der Waals surface area contributed by atoms with E-state index >= 15 is 0 Å². The Balaban J connectivity index is 2.01. The van der Waals surface area contributed by atoms with Crippen LogP contribution in [0.25, 0.3) is 11.2 Å². The van der Waals surface area contributed by atoms with Crippen molar-refractivity contribution >= 4 is 35.1 Å². The van der Waals surface area contributed by atoms with Crippen LogP contribution in [0.3, 0.4) is 0 Å². The first kappa shape index (κ1) is 13.2. The number of aromatic amines is 1. The second kappa shape index (κ2) is 4.98. The maximum Gasteiger partial charge on any atom is 0.179 e. The number of hydrogen-bond acceptors (Lipinski definition) is 3. The van der Waals surface area contributed by atoms with Gasteiger partial charge in [-0.3, -0.25) is 9.25 Å². The molecule has 0 bridgehead atoms. The van der Waals surface area contributed by atoms with E-state index < -0.39 is 0 Å². The molecule has 6 heteroatoms. The second-order valence-corrected chi connectivity index (χ2v) is 7.22. The van der Waals surface area contributed by atoms with Crippen molar-refractivity contribution < 1.29 is 0 Å². The van der Waals surface area contributed by atoms with Gasteiger partial charge in [-0.05, 0) is 44.2 Å². The van der Waals surface area contributed by atoms with Crippen LogP contribution in [0, 0.1) is 11.7 Å². The van der Waals surface area contributed by atoms with Gasteiger partial charge in [-0.25, -0.2) is 0 Å². The summed E-state index contributed by atoms with van der Waals surface area (Å²) in [4.78, 5) is 3.33. The van der Waals surface area contributed by atoms with Crippen LogP contribution in [0.4, 0.5) is 0 Å². The van der Waals surface area contributed by atoms with Gasteiger partial charge in [0.15, 0.2) is 10.4 Å². The van der Waals surface area contributed by atoms with Crippen LogP contribution in [0.2, 0.25) is 0 Å². The largest absolute Gasteiger partial charge is 0.328 e. The SMILES string of the molecule is CCSC1CCC(n2c(=S)[nH]c3c(C)nn(C)c32)C1. The summed E-state index contributed by atoms with van der Waals surface area (Å²) < 4.78 is 5.09. The van der Waals surface area contributed by atoms with Gasteiger partial charge in [-0.1, -0.05) is 6.92 Å². The van der Waals surface area contributed by atoms with Gasteiger partial charge in [0.2, 0.25) is 0 Å². The van der Waals surface area contributed by atoms with Gasteiger partial charge in [-0.2, -0.15) is 16.9 Å². The fraction of sp³-hybridized carbons (Fsp3) is 0.692. The van der Waals surface area contributed by atoms with E-state index in [2.05, 4.69) is 33.3 Å². The Morgan fingerprint density at radius 2 is 2.26 bits per heavy atom. The maximum absolute atomic E-state index is 5.53. The minimum atomic E-state index is 0.528. The average molecular weight is 296 g/mol. The Kier molecular flexibility index (Phi) is 3.47. The number of H-pyrrole nitrogens is 1. The zero-order valence-electron chi connectivity index (χ0n) is 11.6. The van der Waals surface area contributed by atoms with E-state index in [1.54, 1.807) is 0 Å². The summed E-state index contributed by atoms with van der Waals surface area (Å²) >= 11 is 7.61. The van der Waals surface area contributed by atoms with Crippen molar-refractivity contribution in [3.8, 4) is 0 Å². The number of aryl methyl sites for hydroxylation is 2. The molecule has 2 aromatic rings. The predicted molar refractivity (Wildman–Crippen MR) is 83.4 cm³/mol. The molecule has 19 heavy (non-hydrogen) atoms.